The van der Waals surface area contributed by atoms with Gasteiger partial charge in [0.2, 0.25) is 0 Å². The lowest BCUT2D eigenvalue weighted by Crippen LogP contribution is -2.35. The number of carbonyl (C=O) groups excluding carboxylic acids is 1. The first-order valence-electron chi connectivity index (χ1n) is 6.78. The van der Waals surface area contributed by atoms with Crippen molar-refractivity contribution in [2.75, 3.05) is 24.3 Å². The average molecular weight is 303 g/mol. The van der Waals surface area contributed by atoms with Crippen molar-refractivity contribution in [1.29, 1.82) is 0 Å². The zero-order valence-corrected chi connectivity index (χ0v) is 12.8. The summed E-state index contributed by atoms with van der Waals surface area (Å²) in [6.45, 7) is 2.96. The second-order valence-electron chi connectivity index (χ2n) is 5.05. The summed E-state index contributed by atoms with van der Waals surface area (Å²) >= 11 is 1.79. The molecule has 1 aliphatic heterocycles. The Kier molecular flexibility index (Phi) is 3.55. The summed E-state index contributed by atoms with van der Waals surface area (Å²) in [4.78, 5) is 19.9. The molecule has 2 aromatic heterocycles. The van der Waals surface area contributed by atoms with Crippen molar-refractivity contribution in [2.24, 2.45) is 0 Å². The molecule has 0 spiro atoms. The van der Waals surface area contributed by atoms with Gasteiger partial charge in [0.05, 0.1) is 25.0 Å². The Morgan fingerprint density at radius 3 is 3.14 bits per heavy atom. The highest BCUT2D eigenvalue weighted by Crippen LogP contribution is 2.36. The molecule has 0 fully saturated rings. The van der Waals surface area contributed by atoms with Crippen LogP contribution in [0.15, 0.2) is 23.7 Å². The van der Waals surface area contributed by atoms with Gasteiger partial charge in [-0.3, -0.25) is 0 Å². The number of rotatable bonds is 2. The van der Waals surface area contributed by atoms with E-state index in [1.807, 2.05) is 0 Å². The standard InChI is InChI=1S/C15H17N3O2S/c1-9-11-4-6-21-13(11)3-5-18(9)14-12(15(19)20-2)7-10(16)8-17-14/h4,6-9H,3,5,16H2,1-2H3. The summed E-state index contributed by atoms with van der Waals surface area (Å²) in [5.41, 5.74) is 7.94. The van der Waals surface area contributed by atoms with Crippen LogP contribution in [0.4, 0.5) is 11.5 Å². The highest BCUT2D eigenvalue weighted by molar-refractivity contribution is 7.10. The van der Waals surface area contributed by atoms with E-state index in [2.05, 4.69) is 28.3 Å². The topological polar surface area (TPSA) is 68.5 Å². The average Bonchev–Trinajstić information content (AvgIpc) is 2.97. The van der Waals surface area contributed by atoms with Gasteiger partial charge in [-0.15, -0.1) is 11.3 Å². The number of nitrogens with zero attached hydrogens (tertiary/aromatic N) is 2. The molecule has 0 radical (unpaired) electrons. The van der Waals surface area contributed by atoms with Gasteiger partial charge >= 0.3 is 5.97 Å². The van der Waals surface area contributed by atoms with Gasteiger partial charge in [0, 0.05) is 11.4 Å². The molecule has 0 bridgehead atoms. The van der Waals surface area contributed by atoms with Gasteiger partial charge in [0.15, 0.2) is 0 Å². The summed E-state index contributed by atoms with van der Waals surface area (Å²) in [7, 11) is 1.37. The smallest absolute Gasteiger partial charge is 0.341 e. The lowest BCUT2D eigenvalue weighted by atomic mass is 10.0. The first kappa shape index (κ1) is 13.9. The number of methoxy groups -OCH3 is 1. The molecule has 1 aliphatic rings. The van der Waals surface area contributed by atoms with Crippen LogP contribution < -0.4 is 10.6 Å². The van der Waals surface area contributed by atoms with Crippen LogP contribution in [0.25, 0.3) is 0 Å². The minimum absolute atomic E-state index is 0.180. The summed E-state index contributed by atoms with van der Waals surface area (Å²) in [6.07, 6.45) is 2.54. The molecule has 0 aromatic carbocycles. The molecule has 6 heteroatoms. The Labute approximate surface area is 127 Å². The number of hydrogen-bond donors (Lipinski definition) is 1. The van der Waals surface area contributed by atoms with E-state index in [9.17, 15) is 4.79 Å². The number of nitrogen functional groups attached to an aromatic ring is 1. The molecule has 2 N–H and O–H groups in total. The van der Waals surface area contributed by atoms with Gasteiger partial charge in [0.1, 0.15) is 11.4 Å². The Balaban J connectivity index is 2.03. The van der Waals surface area contributed by atoms with Crippen LogP contribution in [-0.4, -0.2) is 24.6 Å². The molecule has 0 amide bonds. The van der Waals surface area contributed by atoms with Crippen molar-refractivity contribution >= 4 is 28.8 Å². The SMILES string of the molecule is COC(=O)c1cc(N)cnc1N1CCc2sccc2C1C. The largest absolute Gasteiger partial charge is 0.465 e. The van der Waals surface area contributed by atoms with E-state index in [0.717, 1.165) is 13.0 Å². The third-order valence-electron chi connectivity index (χ3n) is 3.84. The number of anilines is 2. The Bertz CT molecular complexity index is 683. The lowest BCUT2D eigenvalue weighted by molar-refractivity contribution is 0.0601. The highest BCUT2D eigenvalue weighted by atomic mass is 32.1. The van der Waals surface area contributed by atoms with E-state index in [1.54, 1.807) is 23.6 Å². The van der Waals surface area contributed by atoms with Crippen LogP contribution in [0, 0.1) is 0 Å². The molecule has 2 aromatic rings. The number of carbonyl (C=O) groups is 1. The number of hydrogen-bond acceptors (Lipinski definition) is 6. The number of pyridine rings is 1. The maximum Gasteiger partial charge on any atom is 0.341 e. The van der Waals surface area contributed by atoms with Gasteiger partial charge in [-0.1, -0.05) is 0 Å². The van der Waals surface area contributed by atoms with Crippen molar-refractivity contribution in [3.63, 3.8) is 0 Å². The summed E-state index contributed by atoms with van der Waals surface area (Å²) < 4.78 is 4.85. The third-order valence-corrected chi connectivity index (χ3v) is 4.84. The van der Waals surface area contributed by atoms with Gasteiger partial charge in [-0.2, -0.15) is 0 Å². The van der Waals surface area contributed by atoms with Crippen LogP contribution in [0.2, 0.25) is 0 Å². The minimum Gasteiger partial charge on any atom is -0.465 e. The number of aromatic nitrogens is 1. The van der Waals surface area contributed by atoms with E-state index in [4.69, 9.17) is 10.5 Å². The number of esters is 1. The molecule has 3 heterocycles. The Hall–Kier alpha value is -2.08. The van der Waals surface area contributed by atoms with Crippen LogP contribution in [0.5, 0.6) is 0 Å². The van der Waals surface area contributed by atoms with Gasteiger partial charge < -0.3 is 15.4 Å². The molecule has 1 unspecified atom stereocenters. The molecule has 5 nitrogen and oxygen atoms in total. The Morgan fingerprint density at radius 2 is 2.38 bits per heavy atom. The molecular formula is C15H17N3O2S. The second kappa shape index (κ2) is 5.37. The number of fused-ring (bicyclic) bond motifs is 1. The van der Waals surface area contributed by atoms with Crippen molar-refractivity contribution in [3.05, 3.63) is 39.7 Å². The second-order valence-corrected chi connectivity index (χ2v) is 6.05. The molecule has 0 saturated heterocycles. The monoisotopic (exact) mass is 303 g/mol. The predicted molar refractivity (Wildman–Crippen MR) is 83.8 cm³/mol. The maximum absolute atomic E-state index is 12.0. The van der Waals surface area contributed by atoms with Crippen LogP contribution in [0.3, 0.4) is 0 Å². The van der Waals surface area contributed by atoms with Gasteiger partial charge in [-0.05, 0) is 36.4 Å². The quantitative estimate of drug-likeness (QED) is 0.864. The summed E-state index contributed by atoms with van der Waals surface area (Å²) in [6, 6.07) is 3.95. The van der Waals surface area contributed by atoms with Crippen LogP contribution >= 0.6 is 11.3 Å². The third kappa shape index (κ3) is 2.35. The van der Waals surface area contributed by atoms with Crippen molar-refractivity contribution in [1.82, 2.24) is 4.98 Å². The maximum atomic E-state index is 12.0. The Morgan fingerprint density at radius 1 is 1.57 bits per heavy atom. The molecule has 21 heavy (non-hydrogen) atoms. The van der Waals surface area contributed by atoms with Gasteiger partial charge in [-0.25, -0.2) is 9.78 Å². The van der Waals surface area contributed by atoms with Crippen molar-refractivity contribution in [3.8, 4) is 0 Å². The number of thiophene rings is 1. The fraction of sp³-hybridized carbons (Fsp3) is 0.333. The van der Waals surface area contributed by atoms with Gasteiger partial charge in [0.25, 0.3) is 0 Å². The molecule has 110 valence electrons. The van der Waals surface area contributed by atoms with Crippen LogP contribution in [0.1, 0.15) is 33.8 Å². The first-order chi connectivity index (χ1) is 10.1. The fourth-order valence-corrected chi connectivity index (χ4v) is 3.72. The van der Waals surface area contributed by atoms with E-state index in [-0.39, 0.29) is 6.04 Å². The minimum atomic E-state index is -0.409. The summed E-state index contributed by atoms with van der Waals surface area (Å²) in [5.74, 6) is 0.230. The molecule has 0 aliphatic carbocycles. The molecule has 0 saturated carbocycles. The van der Waals surface area contributed by atoms with Crippen molar-refractivity contribution in [2.45, 2.75) is 19.4 Å². The van der Waals surface area contributed by atoms with Crippen molar-refractivity contribution < 1.29 is 9.53 Å². The number of nitrogens with two attached hydrogens (primary N) is 1. The molecule has 3 rings (SSSR count). The van der Waals surface area contributed by atoms with E-state index < -0.39 is 5.97 Å². The van der Waals surface area contributed by atoms with E-state index in [0.29, 0.717) is 17.1 Å². The normalized spacial score (nSPS) is 17.4. The molecular weight excluding hydrogens is 286 g/mol. The van der Waals surface area contributed by atoms with Crippen LogP contribution in [-0.2, 0) is 11.2 Å². The first-order valence-corrected chi connectivity index (χ1v) is 7.66. The van der Waals surface area contributed by atoms with E-state index >= 15 is 0 Å². The highest BCUT2D eigenvalue weighted by Gasteiger charge is 2.29. The zero-order valence-electron chi connectivity index (χ0n) is 12.0. The zero-order chi connectivity index (χ0) is 15.0. The lowest BCUT2D eigenvalue weighted by Gasteiger charge is -2.35. The summed E-state index contributed by atoms with van der Waals surface area (Å²) in [5, 5.41) is 2.11. The van der Waals surface area contributed by atoms with E-state index in [1.165, 1.54) is 17.6 Å². The predicted octanol–water partition coefficient (Wildman–Crippen LogP) is 2.64. The number of ether oxygens (including phenoxy) is 1. The fourth-order valence-electron chi connectivity index (χ4n) is 2.76. The molecule has 1 atom stereocenters.